The second-order valence-electron chi connectivity index (χ2n) is 6.09. The van der Waals surface area contributed by atoms with Gasteiger partial charge in [0.25, 0.3) is 0 Å². The van der Waals surface area contributed by atoms with E-state index in [2.05, 4.69) is 22.0 Å². The van der Waals surface area contributed by atoms with Crippen molar-refractivity contribution >= 4 is 33.5 Å². The SMILES string of the molecule is CCCOC(=O)c1cccc(CN2C(=O)CCc3cc(Br)ccc32)c1. The number of anilines is 1. The maximum Gasteiger partial charge on any atom is 0.338 e. The van der Waals surface area contributed by atoms with Gasteiger partial charge < -0.3 is 9.64 Å². The van der Waals surface area contributed by atoms with Crippen LogP contribution in [0.4, 0.5) is 5.69 Å². The Hall–Kier alpha value is -2.14. The summed E-state index contributed by atoms with van der Waals surface area (Å²) in [6.45, 7) is 2.82. The van der Waals surface area contributed by atoms with Crippen molar-refractivity contribution in [2.24, 2.45) is 0 Å². The van der Waals surface area contributed by atoms with E-state index in [-0.39, 0.29) is 11.9 Å². The Kier molecular flexibility index (Phi) is 5.53. The quantitative estimate of drug-likeness (QED) is 0.693. The number of amides is 1. The number of ether oxygens (including phenoxy) is 1. The molecule has 0 aromatic heterocycles. The van der Waals surface area contributed by atoms with Crippen LogP contribution in [0.2, 0.25) is 0 Å². The van der Waals surface area contributed by atoms with Crippen molar-refractivity contribution in [2.45, 2.75) is 32.7 Å². The minimum atomic E-state index is -0.321. The van der Waals surface area contributed by atoms with Gasteiger partial charge >= 0.3 is 5.97 Å². The third-order valence-electron chi connectivity index (χ3n) is 4.18. The largest absolute Gasteiger partial charge is 0.462 e. The summed E-state index contributed by atoms with van der Waals surface area (Å²) in [6.07, 6.45) is 2.05. The van der Waals surface area contributed by atoms with Crippen molar-refractivity contribution in [2.75, 3.05) is 11.5 Å². The fourth-order valence-corrected chi connectivity index (χ4v) is 3.37. The first kappa shape index (κ1) is 17.7. The highest BCUT2D eigenvalue weighted by molar-refractivity contribution is 9.10. The summed E-state index contributed by atoms with van der Waals surface area (Å²) in [5, 5.41) is 0. The number of carbonyl (C=O) groups is 2. The van der Waals surface area contributed by atoms with E-state index in [9.17, 15) is 9.59 Å². The van der Waals surface area contributed by atoms with Crippen molar-refractivity contribution in [1.82, 2.24) is 0 Å². The summed E-state index contributed by atoms with van der Waals surface area (Å²) >= 11 is 3.48. The lowest BCUT2D eigenvalue weighted by atomic mass is 10.00. The van der Waals surface area contributed by atoms with Crippen molar-refractivity contribution < 1.29 is 14.3 Å². The third-order valence-corrected chi connectivity index (χ3v) is 4.68. The Balaban J connectivity index is 1.83. The van der Waals surface area contributed by atoms with Gasteiger partial charge in [0.1, 0.15) is 0 Å². The number of halogens is 1. The molecule has 4 nitrogen and oxygen atoms in total. The average Bonchev–Trinajstić information content (AvgIpc) is 2.62. The predicted molar refractivity (Wildman–Crippen MR) is 101 cm³/mol. The number of benzene rings is 2. The lowest BCUT2D eigenvalue weighted by molar-refractivity contribution is -0.119. The molecule has 0 spiro atoms. The van der Waals surface area contributed by atoms with E-state index in [4.69, 9.17) is 4.74 Å². The minimum Gasteiger partial charge on any atom is -0.462 e. The summed E-state index contributed by atoms with van der Waals surface area (Å²) < 4.78 is 6.20. The van der Waals surface area contributed by atoms with E-state index in [0.29, 0.717) is 25.1 Å². The summed E-state index contributed by atoms with van der Waals surface area (Å²) in [7, 11) is 0. The molecule has 0 bridgehead atoms. The van der Waals surface area contributed by atoms with Crippen molar-refractivity contribution in [1.29, 1.82) is 0 Å². The number of esters is 1. The molecule has 0 fully saturated rings. The standard InChI is InChI=1S/C20H20BrNO3/c1-2-10-25-20(24)16-5-3-4-14(11-16)13-22-18-8-7-17(21)12-15(18)6-9-19(22)23/h3-5,7-8,11-12H,2,6,9-10,13H2,1H3. The molecule has 1 aliphatic rings. The summed E-state index contributed by atoms with van der Waals surface area (Å²) in [5.74, 6) is -0.216. The highest BCUT2D eigenvalue weighted by atomic mass is 79.9. The van der Waals surface area contributed by atoms with Crippen LogP contribution in [0, 0.1) is 0 Å². The second-order valence-corrected chi connectivity index (χ2v) is 7.00. The smallest absolute Gasteiger partial charge is 0.338 e. The molecular weight excluding hydrogens is 382 g/mol. The first-order chi connectivity index (χ1) is 12.1. The van der Waals surface area contributed by atoms with Gasteiger partial charge in [0.2, 0.25) is 5.91 Å². The van der Waals surface area contributed by atoms with Crippen LogP contribution in [0.25, 0.3) is 0 Å². The number of rotatable bonds is 5. The summed E-state index contributed by atoms with van der Waals surface area (Å²) in [4.78, 5) is 26.3. The van der Waals surface area contributed by atoms with Gasteiger partial charge in [0.15, 0.2) is 0 Å². The van der Waals surface area contributed by atoms with Crippen LogP contribution >= 0.6 is 15.9 Å². The first-order valence-electron chi connectivity index (χ1n) is 8.43. The van der Waals surface area contributed by atoms with Crippen LogP contribution in [-0.2, 0) is 22.5 Å². The number of fused-ring (bicyclic) bond motifs is 1. The third kappa shape index (κ3) is 4.10. The molecule has 3 rings (SSSR count). The zero-order valence-corrected chi connectivity index (χ0v) is 15.7. The van der Waals surface area contributed by atoms with Crippen LogP contribution in [0.15, 0.2) is 46.9 Å². The molecule has 0 saturated heterocycles. The zero-order valence-electron chi connectivity index (χ0n) is 14.1. The van der Waals surface area contributed by atoms with Crippen LogP contribution in [0.1, 0.15) is 41.3 Å². The lowest BCUT2D eigenvalue weighted by Gasteiger charge is -2.29. The molecule has 25 heavy (non-hydrogen) atoms. The lowest BCUT2D eigenvalue weighted by Crippen LogP contribution is -2.34. The van der Waals surface area contributed by atoms with E-state index >= 15 is 0 Å². The van der Waals surface area contributed by atoms with Gasteiger partial charge in [-0.05, 0) is 54.3 Å². The molecule has 130 valence electrons. The maximum atomic E-state index is 12.4. The first-order valence-corrected chi connectivity index (χ1v) is 9.22. The highest BCUT2D eigenvalue weighted by Gasteiger charge is 2.24. The normalized spacial score (nSPS) is 13.5. The van der Waals surface area contributed by atoms with E-state index in [1.165, 1.54) is 0 Å². The van der Waals surface area contributed by atoms with Gasteiger partial charge in [-0.15, -0.1) is 0 Å². The van der Waals surface area contributed by atoms with Gasteiger partial charge in [0.05, 0.1) is 18.7 Å². The van der Waals surface area contributed by atoms with Gasteiger partial charge in [-0.3, -0.25) is 4.79 Å². The summed E-state index contributed by atoms with van der Waals surface area (Å²) in [6, 6.07) is 13.3. The van der Waals surface area contributed by atoms with Crippen molar-refractivity contribution in [3.8, 4) is 0 Å². The molecule has 1 amide bonds. The van der Waals surface area contributed by atoms with E-state index in [1.807, 2.05) is 31.2 Å². The predicted octanol–water partition coefficient (Wildman–Crippen LogP) is 4.50. The van der Waals surface area contributed by atoms with Crippen LogP contribution in [-0.4, -0.2) is 18.5 Å². The van der Waals surface area contributed by atoms with Crippen LogP contribution in [0.3, 0.4) is 0 Å². The molecule has 0 atom stereocenters. The number of nitrogens with zero attached hydrogens (tertiary/aromatic N) is 1. The van der Waals surface area contributed by atoms with Gasteiger partial charge in [-0.25, -0.2) is 4.79 Å². The number of hydrogen-bond acceptors (Lipinski definition) is 3. The van der Waals surface area contributed by atoms with Gasteiger partial charge in [-0.1, -0.05) is 35.0 Å². The molecule has 2 aromatic carbocycles. The molecule has 0 aliphatic carbocycles. The molecule has 0 radical (unpaired) electrons. The Morgan fingerprint density at radius 2 is 2.04 bits per heavy atom. The molecule has 0 unspecified atom stereocenters. The number of aryl methyl sites for hydroxylation is 1. The second kappa shape index (κ2) is 7.83. The van der Waals surface area contributed by atoms with Crippen molar-refractivity contribution in [3.05, 3.63) is 63.6 Å². The van der Waals surface area contributed by atoms with Crippen LogP contribution < -0.4 is 4.90 Å². The van der Waals surface area contributed by atoms with E-state index < -0.39 is 0 Å². The molecule has 1 aliphatic heterocycles. The molecule has 2 aromatic rings. The number of carbonyl (C=O) groups excluding carboxylic acids is 2. The molecule has 0 N–H and O–H groups in total. The Morgan fingerprint density at radius 1 is 1.20 bits per heavy atom. The average molecular weight is 402 g/mol. The van der Waals surface area contributed by atoms with Crippen molar-refractivity contribution in [3.63, 3.8) is 0 Å². The highest BCUT2D eigenvalue weighted by Crippen LogP contribution is 2.31. The maximum absolute atomic E-state index is 12.4. The van der Waals surface area contributed by atoms with E-state index in [0.717, 1.165) is 34.1 Å². The Labute approximate surface area is 155 Å². The fourth-order valence-electron chi connectivity index (χ4n) is 2.96. The molecule has 1 heterocycles. The van der Waals surface area contributed by atoms with E-state index in [1.54, 1.807) is 17.0 Å². The molecule has 0 saturated carbocycles. The topological polar surface area (TPSA) is 46.6 Å². The Morgan fingerprint density at radius 3 is 2.84 bits per heavy atom. The zero-order chi connectivity index (χ0) is 17.8. The van der Waals surface area contributed by atoms with Crippen LogP contribution in [0.5, 0.6) is 0 Å². The summed E-state index contributed by atoms with van der Waals surface area (Å²) in [5.41, 5.74) is 3.53. The monoisotopic (exact) mass is 401 g/mol. The van der Waals surface area contributed by atoms with Gasteiger partial charge in [-0.2, -0.15) is 0 Å². The molecule has 5 heteroatoms. The number of hydrogen-bond donors (Lipinski definition) is 0. The fraction of sp³-hybridized carbons (Fsp3) is 0.300. The molecular formula is C20H20BrNO3. The van der Waals surface area contributed by atoms with Gasteiger partial charge in [0, 0.05) is 16.6 Å². The Bertz CT molecular complexity index is 803. The minimum absolute atomic E-state index is 0.105.